The van der Waals surface area contributed by atoms with E-state index in [4.69, 9.17) is 0 Å². The van der Waals surface area contributed by atoms with Crippen molar-refractivity contribution in [3.8, 4) is 0 Å². The van der Waals surface area contributed by atoms with Crippen LogP contribution in [0.4, 0.5) is 0 Å². The Morgan fingerprint density at radius 2 is 2.29 bits per heavy atom. The number of piperidine rings is 1. The molecule has 136 valence electrons. The summed E-state index contributed by atoms with van der Waals surface area (Å²) in [6, 6.07) is 0. The Morgan fingerprint density at radius 1 is 1.50 bits per heavy atom. The molecule has 1 aromatic heterocycles. The number of likely N-dealkylation sites (N-methyl/N-ethyl adjacent to an activating group) is 2. The lowest BCUT2D eigenvalue weighted by Crippen LogP contribution is -2.40. The second-order valence-electron chi connectivity index (χ2n) is 7.39. The van der Waals surface area contributed by atoms with Gasteiger partial charge in [-0.2, -0.15) is 5.10 Å². The number of hydrogen-bond acceptors (Lipinski definition) is 4. The average Bonchev–Trinajstić information content (AvgIpc) is 3.00. The first kappa shape index (κ1) is 18.9. The fourth-order valence-corrected chi connectivity index (χ4v) is 3.25. The molecule has 0 bridgehead atoms. The van der Waals surface area contributed by atoms with Gasteiger partial charge in [0.2, 0.25) is 5.91 Å². The van der Waals surface area contributed by atoms with E-state index >= 15 is 0 Å². The Kier molecular flexibility index (Phi) is 7.24. The molecule has 6 nitrogen and oxygen atoms in total. The zero-order valence-electron chi connectivity index (χ0n) is 15.6. The van der Waals surface area contributed by atoms with Gasteiger partial charge >= 0.3 is 0 Å². The third-order valence-corrected chi connectivity index (χ3v) is 4.80. The quantitative estimate of drug-likeness (QED) is 0.722. The summed E-state index contributed by atoms with van der Waals surface area (Å²) in [5, 5.41) is 10.7. The molecule has 1 saturated heterocycles. The van der Waals surface area contributed by atoms with E-state index in [0.717, 1.165) is 51.3 Å². The SMILES string of the molecule is CNCCN(C)Cc1c[nH]nc1C1CCC(=O)N(CCC(C)C)C1. The van der Waals surface area contributed by atoms with E-state index in [9.17, 15) is 4.79 Å². The number of nitrogens with zero attached hydrogens (tertiary/aromatic N) is 3. The Balaban J connectivity index is 1.98. The van der Waals surface area contributed by atoms with Gasteiger partial charge in [-0.15, -0.1) is 0 Å². The van der Waals surface area contributed by atoms with Gasteiger partial charge in [-0.1, -0.05) is 13.8 Å². The number of aromatic nitrogens is 2. The van der Waals surface area contributed by atoms with Crippen LogP contribution in [-0.2, 0) is 11.3 Å². The van der Waals surface area contributed by atoms with E-state index in [1.807, 2.05) is 18.1 Å². The van der Waals surface area contributed by atoms with Crippen molar-refractivity contribution in [3.05, 3.63) is 17.5 Å². The standard InChI is InChI=1S/C18H33N5O/c1-14(2)7-9-23-13-15(5-6-17(23)24)18-16(11-20-21-18)12-22(4)10-8-19-3/h11,14-15,19H,5-10,12-13H2,1-4H3,(H,20,21). The van der Waals surface area contributed by atoms with Crippen LogP contribution in [0.2, 0.25) is 0 Å². The molecule has 2 N–H and O–H groups in total. The molecular formula is C18H33N5O. The average molecular weight is 335 g/mol. The van der Waals surface area contributed by atoms with Crippen LogP contribution in [0.15, 0.2) is 6.20 Å². The number of aromatic amines is 1. The van der Waals surface area contributed by atoms with Gasteiger partial charge in [0, 0.05) is 56.8 Å². The first-order chi connectivity index (χ1) is 11.5. The van der Waals surface area contributed by atoms with Crippen LogP contribution in [0.25, 0.3) is 0 Å². The van der Waals surface area contributed by atoms with Gasteiger partial charge in [-0.25, -0.2) is 0 Å². The van der Waals surface area contributed by atoms with Gasteiger partial charge in [0.05, 0.1) is 5.69 Å². The fraction of sp³-hybridized carbons (Fsp3) is 0.778. The number of H-pyrrole nitrogens is 1. The number of likely N-dealkylation sites (tertiary alicyclic amines) is 1. The summed E-state index contributed by atoms with van der Waals surface area (Å²) in [5.74, 6) is 1.28. The fourth-order valence-electron chi connectivity index (χ4n) is 3.25. The molecule has 2 heterocycles. The summed E-state index contributed by atoms with van der Waals surface area (Å²) >= 11 is 0. The van der Waals surface area contributed by atoms with Gasteiger partial charge in [-0.05, 0) is 32.9 Å². The van der Waals surface area contributed by atoms with Gasteiger partial charge < -0.3 is 15.1 Å². The maximum atomic E-state index is 12.2. The van der Waals surface area contributed by atoms with Crippen molar-refractivity contribution >= 4 is 5.91 Å². The molecule has 0 aliphatic carbocycles. The van der Waals surface area contributed by atoms with Crippen LogP contribution in [0.5, 0.6) is 0 Å². The molecule has 2 rings (SSSR count). The highest BCUT2D eigenvalue weighted by Gasteiger charge is 2.29. The molecule has 0 saturated carbocycles. The molecule has 1 aromatic rings. The number of carbonyl (C=O) groups excluding carboxylic acids is 1. The molecule has 6 heteroatoms. The summed E-state index contributed by atoms with van der Waals surface area (Å²) in [7, 11) is 4.11. The van der Waals surface area contributed by atoms with Crippen LogP contribution >= 0.6 is 0 Å². The minimum Gasteiger partial charge on any atom is -0.342 e. The molecule has 24 heavy (non-hydrogen) atoms. The molecule has 1 atom stereocenters. The van der Waals surface area contributed by atoms with Crippen molar-refractivity contribution in [2.45, 2.75) is 45.6 Å². The van der Waals surface area contributed by atoms with Gasteiger partial charge in [0.1, 0.15) is 0 Å². The normalized spacial score (nSPS) is 18.8. The highest BCUT2D eigenvalue weighted by atomic mass is 16.2. The molecule has 0 radical (unpaired) electrons. The predicted octanol–water partition coefficient (Wildman–Crippen LogP) is 1.81. The van der Waals surface area contributed by atoms with Gasteiger partial charge in [0.25, 0.3) is 0 Å². The van der Waals surface area contributed by atoms with E-state index in [-0.39, 0.29) is 0 Å². The Labute approximate surface area is 146 Å². The third kappa shape index (κ3) is 5.31. The lowest BCUT2D eigenvalue weighted by Gasteiger charge is -2.33. The minimum absolute atomic E-state index is 0.301. The van der Waals surface area contributed by atoms with E-state index in [1.54, 1.807) is 0 Å². The number of rotatable bonds is 9. The largest absolute Gasteiger partial charge is 0.342 e. The number of nitrogens with one attached hydrogen (secondary N) is 2. The maximum Gasteiger partial charge on any atom is 0.222 e. The second-order valence-corrected chi connectivity index (χ2v) is 7.39. The summed E-state index contributed by atoms with van der Waals surface area (Å²) < 4.78 is 0. The topological polar surface area (TPSA) is 64.3 Å². The molecule has 1 fully saturated rings. The van der Waals surface area contributed by atoms with Crippen LogP contribution in [0.1, 0.15) is 50.3 Å². The van der Waals surface area contributed by atoms with Crippen molar-refractivity contribution in [2.24, 2.45) is 5.92 Å². The highest BCUT2D eigenvalue weighted by molar-refractivity contribution is 5.77. The lowest BCUT2D eigenvalue weighted by molar-refractivity contribution is -0.134. The molecule has 1 amide bonds. The first-order valence-electron chi connectivity index (χ1n) is 9.14. The zero-order valence-corrected chi connectivity index (χ0v) is 15.6. The van der Waals surface area contributed by atoms with Crippen molar-refractivity contribution in [3.63, 3.8) is 0 Å². The van der Waals surface area contributed by atoms with E-state index in [2.05, 4.69) is 41.3 Å². The van der Waals surface area contributed by atoms with Crippen molar-refractivity contribution in [1.82, 2.24) is 25.3 Å². The summed E-state index contributed by atoms with van der Waals surface area (Å²) in [6.07, 6.45) is 4.64. The van der Waals surface area contributed by atoms with E-state index in [0.29, 0.717) is 24.2 Å². The van der Waals surface area contributed by atoms with Gasteiger partial charge in [-0.3, -0.25) is 9.89 Å². The van der Waals surface area contributed by atoms with Crippen LogP contribution in [0, 0.1) is 5.92 Å². The van der Waals surface area contributed by atoms with Crippen molar-refractivity contribution in [1.29, 1.82) is 0 Å². The molecule has 1 unspecified atom stereocenters. The zero-order chi connectivity index (χ0) is 17.5. The Bertz CT molecular complexity index is 513. The summed E-state index contributed by atoms with van der Waals surface area (Å²) in [5.41, 5.74) is 2.41. The first-order valence-corrected chi connectivity index (χ1v) is 9.14. The third-order valence-electron chi connectivity index (χ3n) is 4.80. The molecule has 1 aliphatic heterocycles. The Morgan fingerprint density at radius 3 is 3.00 bits per heavy atom. The second kappa shape index (κ2) is 9.18. The number of carbonyl (C=O) groups is 1. The van der Waals surface area contributed by atoms with Crippen molar-refractivity contribution in [2.75, 3.05) is 40.3 Å². The van der Waals surface area contributed by atoms with Crippen LogP contribution in [-0.4, -0.2) is 66.2 Å². The number of amides is 1. The highest BCUT2D eigenvalue weighted by Crippen LogP contribution is 2.29. The van der Waals surface area contributed by atoms with Gasteiger partial charge in [0.15, 0.2) is 0 Å². The smallest absolute Gasteiger partial charge is 0.222 e. The lowest BCUT2D eigenvalue weighted by atomic mass is 9.91. The maximum absolute atomic E-state index is 12.2. The molecule has 0 spiro atoms. The molecule has 1 aliphatic rings. The number of hydrogen-bond donors (Lipinski definition) is 2. The van der Waals surface area contributed by atoms with Crippen LogP contribution < -0.4 is 5.32 Å². The summed E-state index contributed by atoms with van der Waals surface area (Å²) in [4.78, 5) is 16.5. The monoisotopic (exact) mass is 335 g/mol. The van der Waals surface area contributed by atoms with Crippen LogP contribution in [0.3, 0.4) is 0 Å². The van der Waals surface area contributed by atoms with E-state index in [1.165, 1.54) is 5.56 Å². The molecular weight excluding hydrogens is 302 g/mol. The minimum atomic E-state index is 0.301. The Hall–Kier alpha value is -1.40. The summed E-state index contributed by atoms with van der Waals surface area (Å²) in [6.45, 7) is 8.97. The van der Waals surface area contributed by atoms with E-state index < -0.39 is 0 Å². The molecule has 0 aromatic carbocycles. The van der Waals surface area contributed by atoms with Crippen molar-refractivity contribution < 1.29 is 4.79 Å². The predicted molar refractivity (Wildman–Crippen MR) is 96.9 cm³/mol.